The van der Waals surface area contributed by atoms with Gasteiger partial charge in [0.05, 0.1) is 0 Å². The van der Waals surface area contributed by atoms with Crippen molar-refractivity contribution in [2.45, 2.75) is 0 Å². The molecular weight excluding hydrogens is 673 g/mol. The Kier molecular flexibility index (Phi) is 7.60. The molecule has 0 nitrogen and oxygen atoms in total. The molecule has 0 unspecified atom stereocenters. The third-order valence-corrected chi connectivity index (χ3v) is 11.6. The van der Waals surface area contributed by atoms with Crippen molar-refractivity contribution in [1.29, 1.82) is 0 Å². The molecule has 0 saturated heterocycles. The zero-order valence-corrected chi connectivity index (χ0v) is 30.8. The van der Waals surface area contributed by atoms with Gasteiger partial charge >= 0.3 is 0 Å². The fourth-order valence-electron chi connectivity index (χ4n) is 9.06. The minimum atomic E-state index is 1.21. The van der Waals surface area contributed by atoms with Gasteiger partial charge in [-0.3, -0.25) is 0 Å². The number of hydrogen-bond donors (Lipinski definition) is 0. The maximum atomic E-state index is 2.46. The van der Waals surface area contributed by atoms with Gasteiger partial charge in [0.2, 0.25) is 0 Å². The second kappa shape index (κ2) is 13.2. The van der Waals surface area contributed by atoms with Crippen molar-refractivity contribution in [2.24, 2.45) is 0 Å². The Hall–Kier alpha value is -7.28. The molecule has 0 aliphatic rings. The largest absolute Gasteiger partial charge is 0.0622 e. The molecule has 260 valence electrons. The van der Waals surface area contributed by atoms with E-state index in [1.807, 2.05) is 0 Å². The Morgan fingerprint density at radius 1 is 0.196 bits per heavy atom. The minimum absolute atomic E-state index is 1.21. The predicted molar refractivity (Wildman–Crippen MR) is 241 cm³/mol. The Morgan fingerprint density at radius 3 is 1.30 bits per heavy atom. The van der Waals surface area contributed by atoms with Crippen molar-refractivity contribution < 1.29 is 0 Å². The highest BCUT2D eigenvalue weighted by Gasteiger charge is 2.19. The molecule has 11 rings (SSSR count). The molecule has 11 aromatic rings. The van der Waals surface area contributed by atoms with Crippen LogP contribution in [0.25, 0.3) is 109 Å². The van der Waals surface area contributed by atoms with E-state index in [9.17, 15) is 0 Å². The molecule has 56 heavy (non-hydrogen) atoms. The summed E-state index contributed by atoms with van der Waals surface area (Å²) < 4.78 is 0. The molecule has 0 heterocycles. The quantitative estimate of drug-likeness (QED) is 0.123. The standard InChI is InChI=1S/C56H36/c1-3-15-37(16-4-1)40-20-13-22-43(33-40)55-49-27-11-12-28-50(49)56(44-23-14-21-41(34-44)38-17-5-2-6-18-38)53-35-42(31-32-51(53)55)52-36-45-30-29-39-19-7-8-24-46(39)54(45)48-26-10-9-25-47(48)52/h1-36H. The normalized spacial score (nSPS) is 11.6. The van der Waals surface area contributed by atoms with Crippen molar-refractivity contribution in [3.8, 4) is 55.6 Å². The summed E-state index contributed by atoms with van der Waals surface area (Å²) in [6, 6.07) is 80.4. The molecule has 0 radical (unpaired) electrons. The first-order chi connectivity index (χ1) is 27.8. The lowest BCUT2D eigenvalue weighted by molar-refractivity contribution is 1.60. The van der Waals surface area contributed by atoms with E-state index in [1.165, 1.54) is 109 Å². The van der Waals surface area contributed by atoms with Gasteiger partial charge in [-0.1, -0.05) is 194 Å². The third kappa shape index (κ3) is 5.30. The summed E-state index contributed by atoms with van der Waals surface area (Å²) in [5, 5.41) is 12.7. The topological polar surface area (TPSA) is 0 Å². The summed E-state index contributed by atoms with van der Waals surface area (Å²) in [4.78, 5) is 0. The van der Waals surface area contributed by atoms with Gasteiger partial charge in [0.15, 0.2) is 0 Å². The molecule has 0 aromatic heterocycles. The summed E-state index contributed by atoms with van der Waals surface area (Å²) in [5.74, 6) is 0. The van der Waals surface area contributed by atoms with Crippen LogP contribution in [0.4, 0.5) is 0 Å². The van der Waals surface area contributed by atoms with Gasteiger partial charge in [-0.15, -0.1) is 0 Å². The molecule has 0 heteroatoms. The maximum absolute atomic E-state index is 2.46. The first-order valence-electron chi connectivity index (χ1n) is 19.4. The van der Waals surface area contributed by atoms with E-state index in [0.717, 1.165) is 0 Å². The lowest BCUT2D eigenvalue weighted by Gasteiger charge is -2.20. The van der Waals surface area contributed by atoms with Crippen LogP contribution in [0.15, 0.2) is 218 Å². The van der Waals surface area contributed by atoms with E-state index in [0.29, 0.717) is 0 Å². The van der Waals surface area contributed by atoms with Crippen LogP contribution in [-0.2, 0) is 0 Å². The molecule has 0 bridgehead atoms. The Labute approximate surface area is 326 Å². The molecule has 0 fully saturated rings. The van der Waals surface area contributed by atoms with Crippen LogP contribution in [0.1, 0.15) is 0 Å². The zero-order chi connectivity index (χ0) is 37.0. The van der Waals surface area contributed by atoms with Crippen LogP contribution >= 0.6 is 0 Å². The van der Waals surface area contributed by atoms with E-state index in [-0.39, 0.29) is 0 Å². The number of hydrogen-bond acceptors (Lipinski definition) is 0. The van der Waals surface area contributed by atoms with Gasteiger partial charge in [-0.2, -0.15) is 0 Å². The maximum Gasteiger partial charge on any atom is -0.00259 e. The smallest absolute Gasteiger partial charge is 0.00259 e. The summed E-state index contributed by atoms with van der Waals surface area (Å²) in [5.41, 5.74) is 12.3. The second-order valence-electron chi connectivity index (χ2n) is 14.8. The highest BCUT2D eigenvalue weighted by Crippen LogP contribution is 2.47. The summed E-state index contributed by atoms with van der Waals surface area (Å²) in [6.45, 7) is 0. The van der Waals surface area contributed by atoms with Gasteiger partial charge in [-0.25, -0.2) is 0 Å². The summed E-state index contributed by atoms with van der Waals surface area (Å²) >= 11 is 0. The highest BCUT2D eigenvalue weighted by atomic mass is 14.2. The van der Waals surface area contributed by atoms with E-state index in [1.54, 1.807) is 0 Å². The number of rotatable bonds is 5. The SMILES string of the molecule is c1ccc(-c2cccc(-c3c4ccccc4c(-c4cccc(-c5ccccc5)c4)c4cc(-c5cc6ccc7ccccc7c6c6ccccc56)ccc34)c2)cc1. The molecular formula is C56H36. The van der Waals surface area contributed by atoms with Crippen LogP contribution in [0.5, 0.6) is 0 Å². The Morgan fingerprint density at radius 2 is 0.661 bits per heavy atom. The van der Waals surface area contributed by atoms with Crippen molar-refractivity contribution in [2.75, 3.05) is 0 Å². The highest BCUT2D eigenvalue weighted by molar-refractivity contribution is 6.25. The van der Waals surface area contributed by atoms with Crippen molar-refractivity contribution in [3.05, 3.63) is 218 Å². The van der Waals surface area contributed by atoms with Crippen LogP contribution in [0.2, 0.25) is 0 Å². The average Bonchev–Trinajstić information content (AvgIpc) is 3.28. The van der Waals surface area contributed by atoms with Crippen molar-refractivity contribution >= 4 is 53.9 Å². The minimum Gasteiger partial charge on any atom is -0.0622 e. The number of fused-ring (bicyclic) bond motifs is 7. The average molecular weight is 709 g/mol. The monoisotopic (exact) mass is 708 g/mol. The van der Waals surface area contributed by atoms with E-state index in [2.05, 4.69) is 218 Å². The van der Waals surface area contributed by atoms with Crippen LogP contribution in [0, 0.1) is 0 Å². The third-order valence-electron chi connectivity index (χ3n) is 11.6. The zero-order valence-electron chi connectivity index (χ0n) is 30.8. The van der Waals surface area contributed by atoms with E-state index < -0.39 is 0 Å². The van der Waals surface area contributed by atoms with Gasteiger partial charge in [0, 0.05) is 0 Å². The van der Waals surface area contributed by atoms with Gasteiger partial charge in [0.1, 0.15) is 0 Å². The van der Waals surface area contributed by atoms with Crippen molar-refractivity contribution in [1.82, 2.24) is 0 Å². The molecule has 0 N–H and O–H groups in total. The molecule has 0 aliphatic carbocycles. The van der Waals surface area contributed by atoms with E-state index in [4.69, 9.17) is 0 Å². The van der Waals surface area contributed by atoms with Crippen molar-refractivity contribution in [3.63, 3.8) is 0 Å². The number of benzene rings is 11. The molecule has 0 atom stereocenters. The van der Waals surface area contributed by atoms with Crippen LogP contribution < -0.4 is 0 Å². The van der Waals surface area contributed by atoms with Crippen LogP contribution in [-0.4, -0.2) is 0 Å². The molecule has 11 aromatic carbocycles. The van der Waals surface area contributed by atoms with Crippen LogP contribution in [0.3, 0.4) is 0 Å². The predicted octanol–water partition coefficient (Wildman–Crippen LogP) is 15.8. The second-order valence-corrected chi connectivity index (χ2v) is 14.8. The Bertz CT molecular complexity index is 3280. The van der Waals surface area contributed by atoms with Gasteiger partial charge < -0.3 is 0 Å². The summed E-state index contributed by atoms with van der Waals surface area (Å²) in [7, 11) is 0. The van der Waals surface area contributed by atoms with Gasteiger partial charge in [-0.05, 0) is 134 Å². The lowest BCUT2D eigenvalue weighted by Crippen LogP contribution is -1.93. The molecule has 0 spiro atoms. The molecule has 0 amide bonds. The first-order valence-corrected chi connectivity index (χ1v) is 19.4. The fraction of sp³-hybridized carbons (Fsp3) is 0. The molecule has 0 aliphatic heterocycles. The lowest BCUT2D eigenvalue weighted by atomic mass is 9.83. The van der Waals surface area contributed by atoms with Gasteiger partial charge in [0.25, 0.3) is 0 Å². The Balaban J connectivity index is 1.23. The fourth-order valence-corrected chi connectivity index (χ4v) is 9.06. The molecule has 0 saturated carbocycles. The van der Waals surface area contributed by atoms with E-state index >= 15 is 0 Å². The summed E-state index contributed by atoms with van der Waals surface area (Å²) in [6.07, 6.45) is 0. The first kappa shape index (κ1) is 32.2.